The molecule has 0 aliphatic heterocycles. The summed E-state index contributed by atoms with van der Waals surface area (Å²) in [6.45, 7) is 0. The first kappa shape index (κ1) is 24.4. The zero-order valence-corrected chi connectivity index (χ0v) is 19.3. The van der Waals surface area contributed by atoms with Gasteiger partial charge in [0.05, 0.1) is 21.7 Å². The predicted molar refractivity (Wildman–Crippen MR) is 126 cm³/mol. The van der Waals surface area contributed by atoms with Crippen molar-refractivity contribution in [1.29, 1.82) is 0 Å². The summed E-state index contributed by atoms with van der Waals surface area (Å²) in [6, 6.07) is 20.4. The van der Waals surface area contributed by atoms with E-state index >= 15 is 0 Å². The molecule has 0 spiro atoms. The van der Waals surface area contributed by atoms with Crippen molar-refractivity contribution in [2.24, 2.45) is 0 Å². The average Bonchev–Trinajstić information content (AvgIpc) is 2.75. The molecule has 0 radical (unpaired) electrons. The maximum absolute atomic E-state index is 13.0. The van der Waals surface area contributed by atoms with Gasteiger partial charge in [0.1, 0.15) is 4.49 Å². The molecule has 3 rings (SSSR count). The van der Waals surface area contributed by atoms with E-state index in [1.165, 1.54) is 0 Å². The Kier molecular flexibility index (Phi) is 8.07. The lowest BCUT2D eigenvalue weighted by atomic mass is 10.2. The van der Waals surface area contributed by atoms with E-state index in [0.717, 1.165) is 28.8 Å². The van der Waals surface area contributed by atoms with Crippen LogP contribution >= 0.6 is 42.7 Å². The van der Waals surface area contributed by atoms with Crippen LogP contribution in [-0.4, -0.2) is 6.03 Å². The van der Waals surface area contributed by atoms with Crippen LogP contribution in [0.3, 0.4) is 0 Å². The lowest BCUT2D eigenvalue weighted by molar-refractivity contribution is -0.137. The summed E-state index contributed by atoms with van der Waals surface area (Å²) in [6.07, 6.45) is -4.59. The molecule has 3 aromatic carbocycles. The van der Waals surface area contributed by atoms with Gasteiger partial charge in [-0.25, -0.2) is 4.79 Å². The van der Waals surface area contributed by atoms with Crippen molar-refractivity contribution in [2.45, 2.75) is 6.18 Å². The van der Waals surface area contributed by atoms with Gasteiger partial charge in [0.25, 0.3) is 0 Å². The monoisotopic (exact) mass is 516 g/mol. The molecule has 0 saturated carbocycles. The number of hydrogen-bond acceptors (Lipinski definition) is 1. The highest BCUT2D eigenvalue weighted by atomic mass is 35.5. The van der Waals surface area contributed by atoms with E-state index in [2.05, 4.69) is 10.6 Å². The van der Waals surface area contributed by atoms with Crippen LogP contribution in [-0.2, 0) is 6.18 Å². The minimum atomic E-state index is -4.59. The molecule has 0 saturated heterocycles. The van der Waals surface area contributed by atoms with Crippen LogP contribution in [0.4, 0.5) is 23.7 Å². The second kappa shape index (κ2) is 10.6. The second-order valence-electron chi connectivity index (χ2n) is 6.39. The maximum Gasteiger partial charge on any atom is 0.416 e. The largest absolute Gasteiger partial charge is 0.416 e. The number of carbonyl (C=O) groups excluding carboxylic acids is 1. The SMILES string of the molecule is O=C(NC(=C(Cl)Cl)P(c1ccccc1)c1ccccc1)Nc1cc(C(F)(F)F)ccc1Cl. The molecule has 0 aliphatic rings. The van der Waals surface area contributed by atoms with Crippen LogP contribution in [0, 0.1) is 0 Å². The third-order valence-corrected chi connectivity index (χ3v) is 7.59. The highest BCUT2D eigenvalue weighted by Gasteiger charge is 2.31. The van der Waals surface area contributed by atoms with Crippen LogP contribution in [0.15, 0.2) is 88.8 Å². The van der Waals surface area contributed by atoms with E-state index in [0.29, 0.717) is 0 Å². The minimum Gasteiger partial charge on any atom is -0.306 e. The van der Waals surface area contributed by atoms with Crippen LogP contribution in [0.5, 0.6) is 0 Å². The highest BCUT2D eigenvalue weighted by molar-refractivity contribution is 7.76. The number of halogens is 6. The third-order valence-electron chi connectivity index (χ3n) is 4.21. The van der Waals surface area contributed by atoms with Crippen molar-refractivity contribution in [3.05, 3.63) is 99.4 Å². The summed E-state index contributed by atoms with van der Waals surface area (Å²) in [5.41, 5.74) is -0.923. The van der Waals surface area contributed by atoms with Gasteiger partial charge in [-0.3, -0.25) is 0 Å². The molecule has 0 unspecified atom stereocenters. The molecule has 0 atom stereocenters. The zero-order valence-electron chi connectivity index (χ0n) is 16.1. The molecular formula is C22H15Cl3F3N2OP. The number of alkyl halides is 3. The Morgan fingerprint density at radius 1 is 0.844 bits per heavy atom. The smallest absolute Gasteiger partial charge is 0.306 e. The third kappa shape index (κ3) is 6.17. The summed E-state index contributed by atoms with van der Waals surface area (Å²) in [5.74, 6) is 0. The number of urea groups is 1. The fraction of sp³-hybridized carbons (Fsp3) is 0.0455. The molecule has 0 bridgehead atoms. The fourth-order valence-electron chi connectivity index (χ4n) is 2.81. The van der Waals surface area contributed by atoms with Crippen molar-refractivity contribution >= 4 is 65.1 Å². The summed E-state index contributed by atoms with van der Waals surface area (Å²) in [4.78, 5) is 12.7. The summed E-state index contributed by atoms with van der Waals surface area (Å²) >= 11 is 18.3. The molecule has 3 nitrogen and oxygen atoms in total. The zero-order chi connectivity index (χ0) is 23.3. The van der Waals surface area contributed by atoms with Crippen molar-refractivity contribution in [3.63, 3.8) is 0 Å². The summed E-state index contributed by atoms with van der Waals surface area (Å²) in [7, 11) is -1.36. The Hall–Kier alpha value is -2.24. The van der Waals surface area contributed by atoms with Gasteiger partial charge in [-0.1, -0.05) is 95.5 Å². The number of benzene rings is 3. The molecule has 32 heavy (non-hydrogen) atoms. The predicted octanol–water partition coefficient (Wildman–Crippen LogP) is 7.22. The number of rotatable bonds is 5. The molecule has 0 heterocycles. The van der Waals surface area contributed by atoms with E-state index in [4.69, 9.17) is 34.8 Å². The first-order chi connectivity index (χ1) is 15.2. The number of nitrogens with one attached hydrogen (secondary N) is 2. The Bertz CT molecular complexity index is 1080. The average molecular weight is 518 g/mol. The summed E-state index contributed by atoms with van der Waals surface area (Å²) < 4.78 is 38.9. The highest BCUT2D eigenvalue weighted by Crippen LogP contribution is 2.44. The topological polar surface area (TPSA) is 41.1 Å². The van der Waals surface area contributed by atoms with Gasteiger partial charge in [0.15, 0.2) is 0 Å². The number of anilines is 1. The normalized spacial score (nSPS) is 11.2. The Morgan fingerprint density at radius 3 is 1.84 bits per heavy atom. The van der Waals surface area contributed by atoms with Crippen LogP contribution < -0.4 is 21.2 Å². The molecule has 0 aromatic heterocycles. The van der Waals surface area contributed by atoms with Gasteiger partial charge in [-0.15, -0.1) is 0 Å². The van der Waals surface area contributed by atoms with Crippen LogP contribution in [0.2, 0.25) is 5.02 Å². The quantitative estimate of drug-likeness (QED) is 0.345. The van der Waals surface area contributed by atoms with E-state index in [1.54, 1.807) is 0 Å². The number of amides is 2. The Labute approximate surface area is 198 Å². The molecule has 0 aliphatic carbocycles. The van der Waals surface area contributed by atoms with E-state index in [-0.39, 0.29) is 20.6 Å². The molecule has 0 fully saturated rings. The molecule has 166 valence electrons. The van der Waals surface area contributed by atoms with Crippen LogP contribution in [0.1, 0.15) is 5.56 Å². The van der Waals surface area contributed by atoms with Gasteiger partial charge < -0.3 is 10.6 Å². The van der Waals surface area contributed by atoms with Crippen molar-refractivity contribution in [1.82, 2.24) is 5.32 Å². The van der Waals surface area contributed by atoms with E-state index < -0.39 is 25.7 Å². The molecule has 2 amide bonds. The standard InChI is InChI=1S/C22H15Cl3F3N2OP/c23-17-12-11-14(22(26,27)28)13-18(17)29-21(31)30-20(19(24)25)32(15-7-3-1-4-8-15)16-9-5-2-6-10-16/h1-13H,(H2,29,30,31). The van der Waals surface area contributed by atoms with Gasteiger partial charge in [0.2, 0.25) is 0 Å². The molecule has 2 N–H and O–H groups in total. The number of hydrogen-bond donors (Lipinski definition) is 2. The van der Waals surface area contributed by atoms with Crippen molar-refractivity contribution < 1.29 is 18.0 Å². The molecule has 10 heteroatoms. The lowest BCUT2D eigenvalue weighted by Crippen LogP contribution is -2.31. The summed E-state index contributed by atoms with van der Waals surface area (Å²) in [5, 5.41) is 6.62. The first-order valence-electron chi connectivity index (χ1n) is 9.07. The molecular weight excluding hydrogens is 503 g/mol. The lowest BCUT2D eigenvalue weighted by Gasteiger charge is -2.23. The van der Waals surface area contributed by atoms with Crippen molar-refractivity contribution in [2.75, 3.05) is 5.32 Å². The Morgan fingerprint density at radius 2 is 1.38 bits per heavy atom. The second-order valence-corrected chi connectivity index (χ2v) is 9.89. The maximum atomic E-state index is 13.0. The Balaban J connectivity index is 1.92. The van der Waals surface area contributed by atoms with Gasteiger partial charge in [0, 0.05) is 7.92 Å². The van der Waals surface area contributed by atoms with Gasteiger partial charge in [-0.05, 0) is 28.8 Å². The van der Waals surface area contributed by atoms with E-state index in [9.17, 15) is 18.0 Å². The van der Waals surface area contributed by atoms with E-state index in [1.807, 2.05) is 60.7 Å². The van der Waals surface area contributed by atoms with Gasteiger partial charge >= 0.3 is 12.2 Å². The first-order valence-corrected chi connectivity index (χ1v) is 11.5. The van der Waals surface area contributed by atoms with Gasteiger partial charge in [-0.2, -0.15) is 13.2 Å². The number of carbonyl (C=O) groups is 1. The van der Waals surface area contributed by atoms with Crippen molar-refractivity contribution in [3.8, 4) is 0 Å². The fourth-order valence-corrected chi connectivity index (χ4v) is 5.71. The van der Waals surface area contributed by atoms with Crippen LogP contribution in [0.25, 0.3) is 0 Å². The minimum absolute atomic E-state index is 0.0518. The molecule has 3 aromatic rings.